The quantitative estimate of drug-likeness (QED) is 0.673. The number of unbranched alkanes of at least 4 members (excludes halogenated alkanes) is 1. The monoisotopic (exact) mass is 256 g/mol. The van der Waals surface area contributed by atoms with Gasteiger partial charge in [0.15, 0.2) is 0 Å². The van der Waals surface area contributed by atoms with Crippen LogP contribution in [-0.2, 0) is 0 Å². The molecule has 0 aliphatic carbocycles. The van der Waals surface area contributed by atoms with Crippen LogP contribution >= 0.6 is 0 Å². The molecule has 2 atom stereocenters. The van der Waals surface area contributed by atoms with Crippen molar-refractivity contribution in [2.75, 3.05) is 20.1 Å². The van der Waals surface area contributed by atoms with Crippen LogP contribution in [0.3, 0.4) is 0 Å². The van der Waals surface area contributed by atoms with Crippen LogP contribution in [0.4, 0.5) is 0 Å². The van der Waals surface area contributed by atoms with E-state index < -0.39 is 0 Å². The summed E-state index contributed by atoms with van der Waals surface area (Å²) in [7, 11) is 2.09. The van der Waals surface area contributed by atoms with Gasteiger partial charge in [-0.2, -0.15) is 0 Å². The largest absolute Gasteiger partial charge is 0.316 e. The van der Waals surface area contributed by atoms with Crippen molar-refractivity contribution in [3.05, 3.63) is 0 Å². The van der Waals surface area contributed by atoms with E-state index in [1.807, 2.05) is 0 Å². The fourth-order valence-electron chi connectivity index (χ4n) is 2.48. The molecule has 2 heteroatoms. The van der Waals surface area contributed by atoms with Gasteiger partial charge in [-0.25, -0.2) is 0 Å². The maximum Gasteiger partial charge on any atom is 0.0125 e. The van der Waals surface area contributed by atoms with Gasteiger partial charge in [0, 0.05) is 12.1 Å². The third-order valence-corrected chi connectivity index (χ3v) is 4.11. The van der Waals surface area contributed by atoms with Gasteiger partial charge in [0.1, 0.15) is 0 Å². The number of nitrogens with one attached hydrogen (secondary N) is 1. The fourth-order valence-corrected chi connectivity index (χ4v) is 2.48. The molecule has 0 saturated heterocycles. The maximum atomic E-state index is 3.48. The second-order valence-corrected chi connectivity index (χ2v) is 6.64. The first-order valence-electron chi connectivity index (χ1n) is 7.78. The van der Waals surface area contributed by atoms with E-state index in [-0.39, 0.29) is 0 Å². The minimum atomic E-state index is 0.348. The summed E-state index contributed by atoms with van der Waals surface area (Å²) in [5, 5.41) is 3.48. The van der Waals surface area contributed by atoms with Gasteiger partial charge in [-0.1, -0.05) is 41.0 Å². The topological polar surface area (TPSA) is 15.3 Å². The molecule has 0 bridgehead atoms. The Hall–Kier alpha value is -0.0800. The number of hydrogen-bond acceptors (Lipinski definition) is 2. The van der Waals surface area contributed by atoms with E-state index >= 15 is 0 Å². The molecule has 1 N–H and O–H groups in total. The van der Waals surface area contributed by atoms with Crippen molar-refractivity contribution in [3.63, 3.8) is 0 Å². The maximum absolute atomic E-state index is 3.48. The normalized spacial score (nSPS) is 16.0. The molecule has 0 heterocycles. The molecule has 0 saturated carbocycles. The number of rotatable bonds is 9. The molecule has 0 amide bonds. The predicted octanol–water partition coefficient (Wildman–Crippen LogP) is 3.91. The Morgan fingerprint density at radius 2 is 1.72 bits per heavy atom. The van der Waals surface area contributed by atoms with Gasteiger partial charge >= 0.3 is 0 Å². The molecule has 2 unspecified atom stereocenters. The Bertz CT molecular complexity index is 196. The zero-order chi connectivity index (χ0) is 14.2. The minimum absolute atomic E-state index is 0.348. The lowest BCUT2D eigenvalue weighted by molar-refractivity contribution is 0.169. The molecule has 0 rings (SSSR count). The molecule has 0 aliphatic heterocycles. The van der Waals surface area contributed by atoms with Crippen molar-refractivity contribution in [3.8, 4) is 0 Å². The highest BCUT2D eigenvalue weighted by Crippen LogP contribution is 2.22. The first-order valence-corrected chi connectivity index (χ1v) is 7.78. The van der Waals surface area contributed by atoms with Crippen molar-refractivity contribution in [2.45, 2.75) is 79.3 Å². The Balaban J connectivity index is 4.31. The molecular formula is C16H36N2. The molecular weight excluding hydrogens is 220 g/mol. The molecule has 2 nitrogen and oxygen atoms in total. The summed E-state index contributed by atoms with van der Waals surface area (Å²) >= 11 is 0. The van der Waals surface area contributed by atoms with Gasteiger partial charge < -0.3 is 10.2 Å². The van der Waals surface area contributed by atoms with Crippen LogP contribution in [0.15, 0.2) is 0 Å². The van der Waals surface area contributed by atoms with Crippen LogP contribution in [0.25, 0.3) is 0 Å². The predicted molar refractivity (Wildman–Crippen MR) is 83.2 cm³/mol. The number of nitrogens with zero attached hydrogens (tertiary/aromatic N) is 1. The Labute approximate surface area is 116 Å². The van der Waals surface area contributed by atoms with Gasteiger partial charge in [-0.15, -0.1) is 0 Å². The lowest BCUT2D eigenvalue weighted by Gasteiger charge is -2.34. The Morgan fingerprint density at radius 1 is 1.11 bits per heavy atom. The highest BCUT2D eigenvalue weighted by atomic mass is 15.1. The van der Waals surface area contributed by atoms with E-state index in [1.54, 1.807) is 0 Å². The Kier molecular flexibility index (Phi) is 8.89. The third kappa shape index (κ3) is 6.75. The average molecular weight is 256 g/mol. The highest BCUT2D eigenvalue weighted by Gasteiger charge is 2.24. The summed E-state index contributed by atoms with van der Waals surface area (Å²) in [5.74, 6) is 0. The van der Waals surface area contributed by atoms with Crippen molar-refractivity contribution in [2.24, 2.45) is 5.41 Å². The first kappa shape index (κ1) is 17.9. The molecule has 0 aliphatic rings. The Morgan fingerprint density at radius 3 is 2.11 bits per heavy atom. The van der Waals surface area contributed by atoms with Crippen LogP contribution in [0.1, 0.15) is 67.2 Å². The summed E-state index contributed by atoms with van der Waals surface area (Å²) in [6, 6.07) is 1.32. The average Bonchev–Trinajstić information content (AvgIpc) is 2.31. The second kappa shape index (κ2) is 8.92. The zero-order valence-electron chi connectivity index (χ0n) is 13.8. The van der Waals surface area contributed by atoms with E-state index in [9.17, 15) is 0 Å². The van der Waals surface area contributed by atoms with Gasteiger partial charge in [0.25, 0.3) is 0 Å². The summed E-state index contributed by atoms with van der Waals surface area (Å²) in [5.41, 5.74) is 0.348. The van der Waals surface area contributed by atoms with Gasteiger partial charge in [-0.3, -0.25) is 0 Å². The molecule has 0 aromatic carbocycles. The molecule has 0 radical (unpaired) electrons. The summed E-state index contributed by atoms with van der Waals surface area (Å²) in [6.45, 7) is 16.4. The molecule has 18 heavy (non-hydrogen) atoms. The lowest BCUT2D eigenvalue weighted by Crippen LogP contribution is -2.43. The first-order chi connectivity index (χ1) is 8.36. The van der Waals surface area contributed by atoms with Crippen LogP contribution in [-0.4, -0.2) is 37.1 Å². The van der Waals surface area contributed by atoms with E-state index in [4.69, 9.17) is 0 Å². The van der Waals surface area contributed by atoms with Crippen molar-refractivity contribution in [1.82, 2.24) is 10.2 Å². The van der Waals surface area contributed by atoms with Crippen LogP contribution in [0.5, 0.6) is 0 Å². The molecule has 0 spiro atoms. The number of hydrogen-bond donors (Lipinski definition) is 1. The van der Waals surface area contributed by atoms with Gasteiger partial charge in [-0.05, 0) is 51.7 Å². The molecule has 0 aromatic rings. The third-order valence-electron chi connectivity index (χ3n) is 4.11. The van der Waals surface area contributed by atoms with E-state index in [0.717, 1.165) is 0 Å². The van der Waals surface area contributed by atoms with Gasteiger partial charge in [0.2, 0.25) is 0 Å². The van der Waals surface area contributed by atoms with Crippen molar-refractivity contribution < 1.29 is 0 Å². The molecule has 110 valence electrons. The van der Waals surface area contributed by atoms with Crippen LogP contribution < -0.4 is 5.32 Å². The van der Waals surface area contributed by atoms with Crippen LogP contribution in [0.2, 0.25) is 0 Å². The molecule has 0 fully saturated rings. The lowest BCUT2D eigenvalue weighted by atomic mass is 9.84. The molecule has 0 aromatic heterocycles. The van der Waals surface area contributed by atoms with E-state index in [0.29, 0.717) is 17.5 Å². The summed E-state index contributed by atoms with van der Waals surface area (Å²) in [6.07, 6.45) is 5.11. The van der Waals surface area contributed by atoms with Crippen molar-refractivity contribution >= 4 is 0 Å². The van der Waals surface area contributed by atoms with Crippen LogP contribution in [0, 0.1) is 5.41 Å². The fraction of sp³-hybridized carbons (Fsp3) is 1.00. The van der Waals surface area contributed by atoms with E-state index in [2.05, 4.69) is 58.8 Å². The minimum Gasteiger partial charge on any atom is -0.316 e. The summed E-state index contributed by atoms with van der Waals surface area (Å²) < 4.78 is 0. The second-order valence-electron chi connectivity index (χ2n) is 6.64. The zero-order valence-corrected chi connectivity index (χ0v) is 13.8. The SMILES string of the molecule is CCCCN(CCC(NC)C(C)(C)C)C(C)CC. The standard InChI is InChI=1S/C16H36N2/c1-8-10-12-18(14(3)9-2)13-11-15(17-7)16(4,5)6/h14-15,17H,8-13H2,1-7H3. The summed E-state index contributed by atoms with van der Waals surface area (Å²) in [4.78, 5) is 2.67. The highest BCUT2D eigenvalue weighted by molar-refractivity contribution is 4.81. The van der Waals surface area contributed by atoms with E-state index in [1.165, 1.54) is 38.8 Å². The smallest absolute Gasteiger partial charge is 0.0125 e. The van der Waals surface area contributed by atoms with Gasteiger partial charge in [0.05, 0.1) is 0 Å². The van der Waals surface area contributed by atoms with Crippen molar-refractivity contribution in [1.29, 1.82) is 0 Å².